The summed E-state index contributed by atoms with van der Waals surface area (Å²) in [6, 6.07) is 5.24. The van der Waals surface area contributed by atoms with Crippen LogP contribution in [0.2, 0.25) is 5.02 Å². The number of nitrogens with two attached hydrogens (primary N) is 1. The minimum Gasteiger partial charge on any atom is -0.450 e. The summed E-state index contributed by atoms with van der Waals surface area (Å²) in [7, 11) is 0. The molecule has 1 aliphatic carbocycles. The summed E-state index contributed by atoms with van der Waals surface area (Å²) in [5.41, 5.74) is 8.20. The fourth-order valence-corrected chi connectivity index (χ4v) is 3.82. The minimum atomic E-state index is -1.22. The summed E-state index contributed by atoms with van der Waals surface area (Å²) < 4.78 is 33.0. The van der Waals surface area contributed by atoms with Crippen molar-refractivity contribution in [3.05, 3.63) is 63.4 Å². The Balaban J connectivity index is 1.91. The largest absolute Gasteiger partial charge is 0.450 e. The van der Waals surface area contributed by atoms with Crippen molar-refractivity contribution in [2.75, 3.05) is 5.73 Å². The molecule has 0 bridgehead atoms. The third-order valence-corrected chi connectivity index (χ3v) is 5.09. The second-order valence-corrected chi connectivity index (χ2v) is 6.56. The van der Waals surface area contributed by atoms with E-state index in [2.05, 4.69) is 0 Å². The van der Waals surface area contributed by atoms with Crippen LogP contribution in [0.3, 0.4) is 0 Å². The highest BCUT2D eigenvalue weighted by Crippen LogP contribution is 2.41. The van der Waals surface area contributed by atoms with Gasteiger partial charge in [0.25, 0.3) is 0 Å². The Bertz CT molecular complexity index is 1030. The van der Waals surface area contributed by atoms with E-state index in [-0.39, 0.29) is 11.4 Å². The number of benzene rings is 2. The van der Waals surface area contributed by atoms with Crippen LogP contribution in [0.25, 0.3) is 11.0 Å². The molecular weight excluding hydrogens is 348 g/mol. The molecule has 2 aromatic carbocycles. The molecule has 2 N–H and O–H groups in total. The van der Waals surface area contributed by atoms with E-state index in [0.29, 0.717) is 16.0 Å². The number of anilines is 1. The van der Waals surface area contributed by atoms with E-state index < -0.39 is 23.0 Å². The van der Waals surface area contributed by atoms with Crippen molar-refractivity contribution in [1.82, 2.24) is 0 Å². The second kappa shape index (κ2) is 5.85. The normalized spacial score (nSPS) is 13.9. The third-order valence-electron chi connectivity index (χ3n) is 4.68. The SMILES string of the molecule is Nc1c(C(=O)c2cccc(F)c2F)oc2cc3c(c(Cl)c12)CCCC3. The molecule has 0 unspecified atom stereocenters. The summed E-state index contributed by atoms with van der Waals surface area (Å²) >= 11 is 6.50. The fourth-order valence-electron chi connectivity index (χ4n) is 3.41. The van der Waals surface area contributed by atoms with Gasteiger partial charge in [0.2, 0.25) is 5.78 Å². The van der Waals surface area contributed by atoms with Gasteiger partial charge in [0, 0.05) is 0 Å². The summed E-state index contributed by atoms with van der Waals surface area (Å²) in [6.45, 7) is 0. The van der Waals surface area contributed by atoms with Gasteiger partial charge in [-0.25, -0.2) is 8.78 Å². The highest BCUT2D eigenvalue weighted by molar-refractivity contribution is 6.38. The van der Waals surface area contributed by atoms with E-state index in [1.54, 1.807) is 0 Å². The average molecular weight is 362 g/mol. The number of hydrogen-bond donors (Lipinski definition) is 1. The number of fused-ring (bicyclic) bond motifs is 2. The van der Waals surface area contributed by atoms with Gasteiger partial charge < -0.3 is 10.2 Å². The van der Waals surface area contributed by atoms with E-state index in [1.807, 2.05) is 6.07 Å². The second-order valence-electron chi connectivity index (χ2n) is 6.18. The first kappa shape index (κ1) is 16.1. The standard InChI is InChI=1S/C19H14ClF2NO2/c20-15-10-5-2-1-4-9(10)8-13-14(15)17(23)19(25-13)18(24)11-6-3-7-12(21)16(11)22/h3,6-8H,1-2,4-5,23H2. The molecule has 1 heterocycles. The fraction of sp³-hybridized carbons (Fsp3) is 0.211. The van der Waals surface area contributed by atoms with Crippen LogP contribution in [0, 0.1) is 11.6 Å². The number of carbonyl (C=O) groups is 1. The van der Waals surface area contributed by atoms with E-state index in [1.165, 1.54) is 12.1 Å². The molecule has 3 nitrogen and oxygen atoms in total. The van der Waals surface area contributed by atoms with Gasteiger partial charge in [-0.3, -0.25) is 4.79 Å². The van der Waals surface area contributed by atoms with Crippen LogP contribution in [0.4, 0.5) is 14.5 Å². The zero-order valence-electron chi connectivity index (χ0n) is 13.2. The smallest absolute Gasteiger partial charge is 0.233 e. The van der Waals surface area contributed by atoms with Crippen LogP contribution in [0.5, 0.6) is 0 Å². The number of aryl methyl sites for hydroxylation is 1. The molecule has 128 valence electrons. The number of halogens is 3. The molecule has 0 atom stereocenters. The number of ketones is 1. The number of carbonyl (C=O) groups excluding carboxylic acids is 1. The van der Waals surface area contributed by atoms with Gasteiger partial charge in [0.05, 0.1) is 21.7 Å². The Morgan fingerprint density at radius 3 is 2.76 bits per heavy atom. The van der Waals surface area contributed by atoms with Gasteiger partial charge in [0.1, 0.15) is 5.58 Å². The quantitative estimate of drug-likeness (QED) is 0.649. The Morgan fingerprint density at radius 2 is 1.96 bits per heavy atom. The topological polar surface area (TPSA) is 56.2 Å². The molecule has 0 saturated carbocycles. The molecule has 0 amide bonds. The predicted molar refractivity (Wildman–Crippen MR) is 92.1 cm³/mol. The number of rotatable bonds is 2. The van der Waals surface area contributed by atoms with Gasteiger partial charge in [0.15, 0.2) is 17.4 Å². The lowest BCUT2D eigenvalue weighted by Crippen LogP contribution is -2.07. The molecule has 25 heavy (non-hydrogen) atoms. The third kappa shape index (κ3) is 2.42. The van der Waals surface area contributed by atoms with Crippen LogP contribution in [-0.2, 0) is 12.8 Å². The van der Waals surface area contributed by atoms with E-state index in [4.69, 9.17) is 21.8 Å². The summed E-state index contributed by atoms with van der Waals surface area (Å²) in [6.07, 6.45) is 3.82. The molecule has 3 aromatic rings. The molecule has 4 rings (SSSR count). The first-order chi connectivity index (χ1) is 12.0. The molecule has 0 aliphatic heterocycles. The minimum absolute atomic E-state index is 0.0574. The molecule has 0 fully saturated rings. The van der Waals surface area contributed by atoms with Crippen LogP contribution in [0.15, 0.2) is 28.7 Å². The van der Waals surface area contributed by atoms with E-state index in [0.717, 1.165) is 42.9 Å². The zero-order valence-corrected chi connectivity index (χ0v) is 13.9. The number of hydrogen-bond acceptors (Lipinski definition) is 3. The molecule has 0 radical (unpaired) electrons. The van der Waals surface area contributed by atoms with E-state index in [9.17, 15) is 13.6 Å². The molecule has 0 saturated heterocycles. The zero-order chi connectivity index (χ0) is 17.7. The summed E-state index contributed by atoms with van der Waals surface area (Å²) in [4.78, 5) is 12.6. The lowest BCUT2D eigenvalue weighted by Gasteiger charge is -2.17. The van der Waals surface area contributed by atoms with Gasteiger partial charge in [-0.05, 0) is 55.0 Å². The van der Waals surface area contributed by atoms with Crippen LogP contribution in [-0.4, -0.2) is 5.78 Å². The first-order valence-electron chi connectivity index (χ1n) is 8.00. The highest BCUT2D eigenvalue weighted by Gasteiger charge is 2.27. The van der Waals surface area contributed by atoms with Gasteiger partial charge in [-0.15, -0.1) is 0 Å². The molecule has 6 heteroatoms. The van der Waals surface area contributed by atoms with Crippen molar-refractivity contribution in [3.8, 4) is 0 Å². The van der Waals surface area contributed by atoms with Crippen LogP contribution in [0.1, 0.15) is 40.1 Å². The van der Waals surface area contributed by atoms with Crippen molar-refractivity contribution in [2.24, 2.45) is 0 Å². The van der Waals surface area contributed by atoms with Gasteiger partial charge in [-0.2, -0.15) is 0 Å². The Labute approximate surface area is 147 Å². The number of furan rings is 1. The lowest BCUT2D eigenvalue weighted by molar-refractivity contribution is 0.101. The summed E-state index contributed by atoms with van der Waals surface area (Å²) in [5.74, 6) is -3.35. The van der Waals surface area contributed by atoms with Crippen LogP contribution < -0.4 is 5.73 Å². The average Bonchev–Trinajstić information content (AvgIpc) is 2.94. The summed E-state index contributed by atoms with van der Waals surface area (Å²) in [5, 5.41) is 0.940. The van der Waals surface area contributed by atoms with Gasteiger partial charge >= 0.3 is 0 Å². The van der Waals surface area contributed by atoms with Crippen molar-refractivity contribution in [2.45, 2.75) is 25.7 Å². The molecule has 0 spiro atoms. The predicted octanol–water partition coefficient (Wildman–Crippen LogP) is 5.06. The lowest BCUT2D eigenvalue weighted by atomic mass is 9.90. The highest BCUT2D eigenvalue weighted by atomic mass is 35.5. The monoisotopic (exact) mass is 361 g/mol. The Morgan fingerprint density at radius 1 is 1.20 bits per heavy atom. The van der Waals surface area contributed by atoms with E-state index >= 15 is 0 Å². The Hall–Kier alpha value is -2.40. The van der Waals surface area contributed by atoms with Crippen molar-refractivity contribution in [3.63, 3.8) is 0 Å². The first-order valence-corrected chi connectivity index (χ1v) is 8.37. The number of nitrogen functional groups attached to an aromatic ring is 1. The Kier molecular flexibility index (Phi) is 3.76. The van der Waals surface area contributed by atoms with Crippen LogP contribution >= 0.6 is 11.6 Å². The maximum atomic E-state index is 13.9. The maximum absolute atomic E-state index is 13.9. The van der Waals surface area contributed by atoms with Gasteiger partial charge in [-0.1, -0.05) is 17.7 Å². The van der Waals surface area contributed by atoms with Crippen molar-refractivity contribution >= 4 is 34.0 Å². The van der Waals surface area contributed by atoms with Crippen molar-refractivity contribution < 1.29 is 18.0 Å². The molecule has 1 aromatic heterocycles. The van der Waals surface area contributed by atoms with Crippen molar-refractivity contribution in [1.29, 1.82) is 0 Å². The molecular formula is C19H14ClF2NO2. The molecule has 1 aliphatic rings. The maximum Gasteiger partial charge on any atom is 0.233 e.